The third-order valence-corrected chi connectivity index (χ3v) is 4.97. The lowest BCUT2D eigenvalue weighted by atomic mass is 9.62. The second kappa shape index (κ2) is 9.89. The molecule has 0 rings (SSSR count). The minimum atomic E-state index is -0.397. The molecule has 0 bridgehead atoms. The van der Waals surface area contributed by atoms with Crippen LogP contribution in [0.1, 0.15) is 74.7 Å². The summed E-state index contributed by atoms with van der Waals surface area (Å²) in [6, 6.07) is 0. The van der Waals surface area contributed by atoms with Crippen molar-refractivity contribution in [1.82, 2.24) is 0 Å². The molecule has 3 atom stereocenters. The summed E-state index contributed by atoms with van der Waals surface area (Å²) in [5.41, 5.74) is 0.0742. The Kier molecular flexibility index (Phi) is 9.84. The highest BCUT2D eigenvalue weighted by Gasteiger charge is 2.42. The van der Waals surface area contributed by atoms with Crippen LogP contribution in [0, 0.1) is 17.3 Å². The first-order valence-corrected chi connectivity index (χ1v) is 9.01. The fourth-order valence-corrected chi connectivity index (χ4v) is 3.63. The summed E-state index contributed by atoms with van der Waals surface area (Å²) in [6.45, 7) is 19.4. The van der Waals surface area contributed by atoms with Crippen LogP contribution in [0.2, 0.25) is 0 Å². The van der Waals surface area contributed by atoms with E-state index in [9.17, 15) is 5.11 Å². The van der Waals surface area contributed by atoms with E-state index in [1.807, 2.05) is 0 Å². The van der Waals surface area contributed by atoms with Crippen LogP contribution in [0.5, 0.6) is 0 Å². The van der Waals surface area contributed by atoms with Gasteiger partial charge in [0.1, 0.15) is 0 Å². The maximum atomic E-state index is 9.37. The number of rotatable bonds is 12. The molecule has 0 aliphatic heterocycles. The molecule has 0 aromatic carbocycles. The van der Waals surface area contributed by atoms with Crippen LogP contribution in [0.15, 0.2) is 0 Å². The molecule has 3 unspecified atom stereocenters. The molecule has 134 valence electrons. The van der Waals surface area contributed by atoms with E-state index in [0.717, 1.165) is 25.9 Å². The van der Waals surface area contributed by atoms with E-state index in [-0.39, 0.29) is 11.0 Å². The molecule has 0 spiro atoms. The zero-order valence-electron chi connectivity index (χ0n) is 16.2. The van der Waals surface area contributed by atoms with Gasteiger partial charge >= 0.3 is 0 Å². The Morgan fingerprint density at radius 2 is 1.59 bits per heavy atom. The number of aliphatic hydroxyl groups is 1. The van der Waals surface area contributed by atoms with E-state index in [0.29, 0.717) is 25.0 Å². The highest BCUT2D eigenvalue weighted by atomic mass is 16.5. The fourth-order valence-electron chi connectivity index (χ4n) is 3.63. The maximum Gasteiger partial charge on any atom is 0.0745 e. The van der Waals surface area contributed by atoms with Crippen LogP contribution >= 0.6 is 0 Å². The zero-order chi connectivity index (χ0) is 17.4. The Labute approximate surface area is 138 Å². The molecule has 0 saturated carbocycles. The van der Waals surface area contributed by atoms with Gasteiger partial charge in [-0.2, -0.15) is 0 Å². The Balaban J connectivity index is 4.97. The number of hydrogen-bond donors (Lipinski definition) is 1. The van der Waals surface area contributed by atoms with Gasteiger partial charge in [-0.15, -0.1) is 0 Å². The molecular weight excluding hydrogens is 276 g/mol. The van der Waals surface area contributed by atoms with Crippen molar-refractivity contribution in [3.63, 3.8) is 0 Å². The average Bonchev–Trinajstić information content (AvgIpc) is 2.41. The van der Waals surface area contributed by atoms with E-state index < -0.39 is 6.10 Å². The Morgan fingerprint density at radius 3 is 2.00 bits per heavy atom. The molecule has 0 fully saturated rings. The van der Waals surface area contributed by atoms with Gasteiger partial charge in [-0.3, -0.25) is 0 Å². The summed E-state index contributed by atoms with van der Waals surface area (Å²) in [4.78, 5) is 0. The Hall–Kier alpha value is -0.120. The molecule has 0 aromatic heterocycles. The summed E-state index contributed by atoms with van der Waals surface area (Å²) < 4.78 is 11.8. The summed E-state index contributed by atoms with van der Waals surface area (Å²) in [5, 5.41) is 9.37. The molecule has 3 heteroatoms. The van der Waals surface area contributed by atoms with E-state index in [1.54, 1.807) is 6.92 Å². The highest BCUT2D eigenvalue weighted by molar-refractivity contribution is 4.91. The maximum absolute atomic E-state index is 9.37. The quantitative estimate of drug-likeness (QED) is 0.569. The van der Waals surface area contributed by atoms with Gasteiger partial charge < -0.3 is 14.6 Å². The molecule has 0 heterocycles. The Bertz CT molecular complexity index is 286. The van der Waals surface area contributed by atoms with Crippen LogP contribution in [-0.2, 0) is 9.47 Å². The van der Waals surface area contributed by atoms with Gasteiger partial charge in [0.05, 0.1) is 18.3 Å². The lowest BCUT2D eigenvalue weighted by molar-refractivity contribution is -0.0913. The van der Waals surface area contributed by atoms with Crippen molar-refractivity contribution in [2.45, 2.75) is 86.4 Å². The van der Waals surface area contributed by atoms with Crippen molar-refractivity contribution in [1.29, 1.82) is 0 Å². The number of ether oxygens (including phenoxy) is 2. The van der Waals surface area contributed by atoms with Gasteiger partial charge in [0.15, 0.2) is 0 Å². The molecule has 0 amide bonds. The minimum Gasteiger partial charge on any atom is -0.391 e. The van der Waals surface area contributed by atoms with Gasteiger partial charge in [0, 0.05) is 13.2 Å². The summed E-state index contributed by atoms with van der Waals surface area (Å²) >= 11 is 0. The van der Waals surface area contributed by atoms with Gasteiger partial charge in [-0.25, -0.2) is 0 Å². The first-order valence-electron chi connectivity index (χ1n) is 9.01. The standard InChI is InChI=1S/C19H40O3/c1-9-11-22-18(7,8)14-19(10-2,15(3)4)16(5)12-21-13-17(6)20/h15-17,20H,9-14H2,1-8H3. The highest BCUT2D eigenvalue weighted by Crippen LogP contribution is 2.46. The molecule has 0 aliphatic rings. The van der Waals surface area contributed by atoms with Crippen molar-refractivity contribution in [3.8, 4) is 0 Å². The number of hydrogen-bond acceptors (Lipinski definition) is 3. The summed E-state index contributed by atoms with van der Waals surface area (Å²) in [5.74, 6) is 0.993. The van der Waals surface area contributed by atoms with Crippen LogP contribution < -0.4 is 0 Å². The molecule has 0 radical (unpaired) electrons. The third-order valence-electron chi connectivity index (χ3n) is 4.97. The molecule has 0 saturated heterocycles. The summed E-state index contributed by atoms with van der Waals surface area (Å²) in [7, 11) is 0. The van der Waals surface area contributed by atoms with E-state index in [1.165, 1.54) is 0 Å². The zero-order valence-corrected chi connectivity index (χ0v) is 16.2. The van der Waals surface area contributed by atoms with Gasteiger partial charge in [0.25, 0.3) is 0 Å². The number of aliphatic hydroxyl groups excluding tert-OH is 1. The van der Waals surface area contributed by atoms with Crippen LogP contribution in [-0.4, -0.2) is 36.6 Å². The molecular formula is C19H40O3. The lowest BCUT2D eigenvalue weighted by Crippen LogP contribution is -2.43. The molecule has 1 N–H and O–H groups in total. The molecule has 0 aromatic rings. The second-order valence-electron chi connectivity index (χ2n) is 7.81. The van der Waals surface area contributed by atoms with E-state index >= 15 is 0 Å². The van der Waals surface area contributed by atoms with Crippen molar-refractivity contribution in [2.75, 3.05) is 19.8 Å². The first kappa shape index (κ1) is 21.9. The normalized spacial score (nSPS) is 18.3. The van der Waals surface area contributed by atoms with Crippen LogP contribution in [0.4, 0.5) is 0 Å². The smallest absolute Gasteiger partial charge is 0.0745 e. The fraction of sp³-hybridized carbons (Fsp3) is 1.00. The molecule has 22 heavy (non-hydrogen) atoms. The van der Waals surface area contributed by atoms with Gasteiger partial charge in [0.2, 0.25) is 0 Å². The van der Waals surface area contributed by atoms with E-state index in [2.05, 4.69) is 48.5 Å². The van der Waals surface area contributed by atoms with Crippen molar-refractivity contribution in [3.05, 3.63) is 0 Å². The predicted octanol–water partition coefficient (Wildman–Crippen LogP) is 4.67. The van der Waals surface area contributed by atoms with Crippen LogP contribution in [0.3, 0.4) is 0 Å². The first-order chi connectivity index (χ1) is 10.1. The summed E-state index contributed by atoms with van der Waals surface area (Å²) in [6.07, 6.45) is 2.81. The Morgan fingerprint density at radius 1 is 1.00 bits per heavy atom. The molecule has 3 nitrogen and oxygen atoms in total. The predicted molar refractivity (Wildman–Crippen MR) is 94.2 cm³/mol. The van der Waals surface area contributed by atoms with E-state index in [4.69, 9.17) is 9.47 Å². The lowest BCUT2D eigenvalue weighted by Gasteiger charge is -2.47. The third kappa shape index (κ3) is 6.97. The topological polar surface area (TPSA) is 38.7 Å². The second-order valence-corrected chi connectivity index (χ2v) is 7.81. The average molecular weight is 317 g/mol. The van der Waals surface area contributed by atoms with Crippen molar-refractivity contribution in [2.24, 2.45) is 17.3 Å². The minimum absolute atomic E-state index is 0.116. The van der Waals surface area contributed by atoms with Gasteiger partial charge in [-0.05, 0) is 57.3 Å². The van der Waals surface area contributed by atoms with Crippen molar-refractivity contribution >= 4 is 0 Å². The van der Waals surface area contributed by atoms with Gasteiger partial charge in [-0.1, -0.05) is 34.6 Å². The monoisotopic (exact) mass is 316 g/mol. The SMILES string of the molecule is CCCOC(C)(C)CC(CC)(C(C)C)C(C)COCC(C)O. The largest absolute Gasteiger partial charge is 0.391 e. The molecule has 0 aliphatic carbocycles. The van der Waals surface area contributed by atoms with Crippen LogP contribution in [0.25, 0.3) is 0 Å². The van der Waals surface area contributed by atoms with Crippen molar-refractivity contribution < 1.29 is 14.6 Å².